The Kier molecular flexibility index (Phi) is 5.29. The van der Waals surface area contributed by atoms with E-state index in [1.165, 1.54) is 29.3 Å². The number of carbonyl (C=O) groups is 3. The highest BCUT2D eigenvalue weighted by atomic mass is 79.9. The Morgan fingerprint density at radius 3 is 2.15 bits per heavy atom. The Morgan fingerprint density at radius 1 is 0.882 bits per heavy atom. The third-order valence-electron chi connectivity index (χ3n) is 5.73. The molecule has 2 amide bonds. The van der Waals surface area contributed by atoms with E-state index in [2.05, 4.69) is 21.0 Å². The molecule has 168 valence electrons. The van der Waals surface area contributed by atoms with Crippen LogP contribution in [-0.4, -0.2) is 34.3 Å². The molecule has 3 aromatic rings. The fraction of sp³-hybridized carbons (Fsp3) is 0.0833. The highest BCUT2D eigenvalue weighted by molar-refractivity contribution is 9.10. The number of rotatable bonds is 5. The van der Waals surface area contributed by atoms with Gasteiger partial charge in [0.25, 0.3) is 11.6 Å². The van der Waals surface area contributed by atoms with Gasteiger partial charge in [-0.25, -0.2) is 4.90 Å². The normalized spacial score (nSPS) is 19.3. The number of hydrazone groups is 1. The summed E-state index contributed by atoms with van der Waals surface area (Å²) in [5, 5.41) is 16.8. The highest BCUT2D eigenvalue weighted by Crippen LogP contribution is 2.38. The average Bonchev–Trinajstić information content (AvgIpc) is 3.36. The second kappa shape index (κ2) is 8.31. The molecule has 1 fully saturated rings. The molecule has 5 rings (SSSR count). The number of halogens is 1. The number of carbonyl (C=O) groups excluding carboxylic acids is 3. The number of non-ortho nitro benzene ring substituents is 1. The van der Waals surface area contributed by atoms with E-state index in [9.17, 15) is 24.5 Å². The average molecular weight is 519 g/mol. The summed E-state index contributed by atoms with van der Waals surface area (Å²) in [6, 6.07) is 19.5. The van der Waals surface area contributed by atoms with Gasteiger partial charge >= 0.3 is 0 Å². The zero-order valence-corrected chi connectivity index (χ0v) is 19.0. The van der Waals surface area contributed by atoms with Gasteiger partial charge in [0, 0.05) is 22.2 Å². The molecule has 0 aromatic heterocycles. The highest BCUT2D eigenvalue weighted by Gasteiger charge is 2.58. The fourth-order valence-corrected chi connectivity index (χ4v) is 4.39. The van der Waals surface area contributed by atoms with Gasteiger partial charge in [-0.15, -0.1) is 0 Å². The second-order valence-electron chi connectivity index (χ2n) is 7.71. The molecule has 0 saturated carbocycles. The summed E-state index contributed by atoms with van der Waals surface area (Å²) < 4.78 is 0.790. The standard InChI is InChI=1S/C24H15BrN4O5/c25-15-8-6-14(7-9-15)22(30)20-19-21(28(26-20)17-4-2-1-3-5-17)24(32)27(23(19)31)16-10-12-18(13-11-16)29(33)34/h1-13,19,21H/t19-,21+/m0/s1. The van der Waals surface area contributed by atoms with Crippen LogP contribution in [0.3, 0.4) is 0 Å². The smallest absolute Gasteiger partial charge is 0.269 e. The van der Waals surface area contributed by atoms with Gasteiger partial charge < -0.3 is 0 Å². The van der Waals surface area contributed by atoms with Crippen molar-refractivity contribution in [2.24, 2.45) is 11.0 Å². The lowest BCUT2D eigenvalue weighted by molar-refractivity contribution is -0.384. The third-order valence-corrected chi connectivity index (χ3v) is 6.26. The van der Waals surface area contributed by atoms with Crippen LogP contribution in [0.25, 0.3) is 0 Å². The minimum absolute atomic E-state index is 0.0288. The van der Waals surface area contributed by atoms with Gasteiger partial charge in [-0.3, -0.25) is 29.5 Å². The topological polar surface area (TPSA) is 113 Å². The predicted molar refractivity (Wildman–Crippen MR) is 128 cm³/mol. The molecular formula is C24H15BrN4O5. The summed E-state index contributed by atoms with van der Waals surface area (Å²) in [5.41, 5.74) is 0.895. The van der Waals surface area contributed by atoms with Crippen LogP contribution in [0.1, 0.15) is 10.4 Å². The van der Waals surface area contributed by atoms with E-state index in [1.807, 2.05) is 0 Å². The van der Waals surface area contributed by atoms with Gasteiger partial charge in [0.1, 0.15) is 17.7 Å². The summed E-state index contributed by atoms with van der Waals surface area (Å²) in [4.78, 5) is 51.7. The van der Waals surface area contributed by atoms with E-state index < -0.39 is 34.5 Å². The van der Waals surface area contributed by atoms with Crippen molar-refractivity contribution >= 4 is 56.3 Å². The maximum atomic E-state index is 13.5. The number of para-hydroxylation sites is 1. The lowest BCUT2D eigenvalue weighted by Crippen LogP contribution is -2.39. The molecular weight excluding hydrogens is 504 g/mol. The Bertz CT molecular complexity index is 1360. The minimum Gasteiger partial charge on any atom is -0.287 e. The van der Waals surface area contributed by atoms with Gasteiger partial charge in [0.15, 0.2) is 0 Å². The molecule has 0 N–H and O–H groups in total. The number of hydrogen-bond acceptors (Lipinski definition) is 7. The van der Waals surface area contributed by atoms with E-state index in [4.69, 9.17) is 0 Å². The van der Waals surface area contributed by atoms with Crippen molar-refractivity contribution < 1.29 is 19.3 Å². The first-order valence-corrected chi connectivity index (χ1v) is 11.0. The van der Waals surface area contributed by atoms with Crippen LogP contribution >= 0.6 is 15.9 Å². The number of nitro benzene ring substituents is 1. The van der Waals surface area contributed by atoms with Crippen LogP contribution in [0, 0.1) is 16.0 Å². The van der Waals surface area contributed by atoms with Crippen molar-refractivity contribution in [3.8, 4) is 0 Å². The summed E-state index contributed by atoms with van der Waals surface area (Å²) in [6.45, 7) is 0. The fourth-order valence-electron chi connectivity index (χ4n) is 4.12. The molecule has 9 nitrogen and oxygen atoms in total. The Morgan fingerprint density at radius 2 is 1.53 bits per heavy atom. The number of benzene rings is 3. The third kappa shape index (κ3) is 3.48. The molecule has 0 aliphatic carbocycles. The Labute approximate surface area is 201 Å². The van der Waals surface area contributed by atoms with E-state index >= 15 is 0 Å². The molecule has 0 bridgehead atoms. The zero-order valence-electron chi connectivity index (χ0n) is 17.4. The molecule has 2 heterocycles. The molecule has 0 radical (unpaired) electrons. The van der Waals surface area contributed by atoms with Crippen LogP contribution in [0.2, 0.25) is 0 Å². The summed E-state index contributed by atoms with van der Waals surface area (Å²) >= 11 is 3.33. The Hall–Kier alpha value is -4.18. The van der Waals surface area contributed by atoms with Crippen molar-refractivity contribution in [2.45, 2.75) is 6.04 Å². The van der Waals surface area contributed by atoms with Gasteiger partial charge in [-0.1, -0.05) is 34.1 Å². The quantitative estimate of drug-likeness (QED) is 0.218. The monoisotopic (exact) mass is 518 g/mol. The number of amides is 2. The van der Waals surface area contributed by atoms with Crippen molar-refractivity contribution in [1.29, 1.82) is 0 Å². The molecule has 2 aliphatic rings. The Balaban J connectivity index is 1.58. The summed E-state index contributed by atoms with van der Waals surface area (Å²) in [7, 11) is 0. The van der Waals surface area contributed by atoms with Crippen molar-refractivity contribution in [2.75, 3.05) is 9.91 Å². The predicted octanol–water partition coefficient (Wildman–Crippen LogP) is 3.97. The summed E-state index contributed by atoms with van der Waals surface area (Å²) in [6.07, 6.45) is 0. The SMILES string of the molecule is O=C(C1=NN(c2ccccc2)[C@H]2C(=O)N(c3ccc([N+](=O)[O-])cc3)C(=O)[C@@H]12)c1ccc(Br)cc1. The second-order valence-corrected chi connectivity index (χ2v) is 8.62. The van der Waals surface area contributed by atoms with Crippen molar-refractivity contribution in [3.63, 3.8) is 0 Å². The van der Waals surface area contributed by atoms with Crippen molar-refractivity contribution in [3.05, 3.63) is 99.0 Å². The largest absolute Gasteiger partial charge is 0.287 e. The minimum atomic E-state index is -1.11. The number of Topliss-reactive ketones (excluding diaryl/α,β-unsaturated/α-hetero) is 1. The van der Waals surface area contributed by atoms with Crippen LogP contribution in [-0.2, 0) is 9.59 Å². The first-order valence-electron chi connectivity index (χ1n) is 10.2. The number of imide groups is 1. The van der Waals surface area contributed by atoms with Gasteiger partial charge in [0.2, 0.25) is 11.7 Å². The number of hydrogen-bond donors (Lipinski definition) is 0. The molecule has 2 atom stereocenters. The van der Waals surface area contributed by atoms with Gasteiger partial charge in [0.05, 0.1) is 16.3 Å². The number of nitrogens with zero attached hydrogens (tertiary/aromatic N) is 4. The lowest BCUT2D eigenvalue weighted by atomic mass is 9.92. The van der Waals surface area contributed by atoms with Crippen LogP contribution < -0.4 is 9.91 Å². The molecule has 0 unspecified atom stereocenters. The van der Waals surface area contributed by atoms with Crippen molar-refractivity contribution in [1.82, 2.24) is 0 Å². The van der Waals surface area contributed by atoms with Crippen LogP contribution in [0.4, 0.5) is 17.1 Å². The van der Waals surface area contributed by atoms with E-state index in [-0.39, 0.29) is 17.1 Å². The number of nitro groups is 1. The molecule has 34 heavy (non-hydrogen) atoms. The maximum Gasteiger partial charge on any atom is 0.269 e. The number of anilines is 2. The van der Waals surface area contributed by atoms with Gasteiger partial charge in [-0.05, 0) is 48.5 Å². The number of ketones is 1. The van der Waals surface area contributed by atoms with E-state index in [0.717, 1.165) is 9.37 Å². The molecule has 0 spiro atoms. The first-order chi connectivity index (χ1) is 16.4. The van der Waals surface area contributed by atoms with Crippen LogP contribution in [0.15, 0.2) is 88.4 Å². The molecule has 1 saturated heterocycles. The zero-order chi connectivity index (χ0) is 24.0. The molecule has 2 aliphatic heterocycles. The van der Waals surface area contributed by atoms with E-state index in [0.29, 0.717) is 11.3 Å². The maximum absolute atomic E-state index is 13.5. The summed E-state index contributed by atoms with van der Waals surface area (Å²) in [5.74, 6) is -2.73. The van der Waals surface area contributed by atoms with E-state index in [1.54, 1.807) is 54.6 Å². The molecule has 10 heteroatoms. The van der Waals surface area contributed by atoms with Gasteiger partial charge in [-0.2, -0.15) is 5.10 Å². The number of fused-ring (bicyclic) bond motifs is 1. The van der Waals surface area contributed by atoms with Crippen LogP contribution in [0.5, 0.6) is 0 Å². The lowest BCUT2D eigenvalue weighted by Gasteiger charge is -2.22. The molecule has 3 aromatic carbocycles. The first kappa shape index (κ1) is 21.7.